The van der Waals surface area contributed by atoms with Gasteiger partial charge in [0.25, 0.3) is 0 Å². The molecular weight excluding hydrogens is 236 g/mol. The molecule has 0 unspecified atom stereocenters. The molecule has 2 aromatic rings. The number of aliphatic hydroxyl groups is 1. The van der Waals surface area contributed by atoms with Crippen LogP contribution in [0.1, 0.15) is 17.7 Å². The number of aliphatic hydroxyl groups excluding tert-OH is 1. The van der Waals surface area contributed by atoms with E-state index in [1.165, 1.54) is 5.56 Å². The van der Waals surface area contributed by atoms with E-state index in [9.17, 15) is 0 Å². The third-order valence-electron chi connectivity index (χ3n) is 2.77. The van der Waals surface area contributed by atoms with Crippen LogP contribution in [0, 0.1) is 6.92 Å². The monoisotopic (exact) mass is 250 g/mol. The van der Waals surface area contributed by atoms with Crippen molar-refractivity contribution in [3.63, 3.8) is 0 Å². The molecule has 0 aliphatic rings. The molecule has 0 fully saturated rings. The summed E-state index contributed by atoms with van der Waals surface area (Å²) in [7, 11) is 0. The first kappa shape index (κ1) is 12.1. The Hall–Kier alpha value is -1.32. The van der Waals surface area contributed by atoms with Crippen LogP contribution in [0.3, 0.4) is 0 Å². The fraction of sp³-hybridized carbons (Fsp3) is 0.308. The third-order valence-corrected chi connectivity index (χ3v) is 3.00. The summed E-state index contributed by atoms with van der Waals surface area (Å²) in [6, 6.07) is 7.61. The van der Waals surface area contributed by atoms with Crippen LogP contribution in [0.5, 0.6) is 0 Å². The minimum atomic E-state index is 0.210. The Morgan fingerprint density at radius 2 is 2.24 bits per heavy atom. The Morgan fingerprint density at radius 3 is 2.94 bits per heavy atom. The summed E-state index contributed by atoms with van der Waals surface area (Å²) in [5.41, 5.74) is 3.23. The predicted molar refractivity (Wildman–Crippen MR) is 68.7 cm³/mol. The minimum absolute atomic E-state index is 0.210. The third kappa shape index (κ3) is 2.68. The predicted octanol–water partition coefficient (Wildman–Crippen LogP) is 2.76. The molecule has 0 bridgehead atoms. The molecule has 0 aliphatic carbocycles. The second-order valence-electron chi connectivity index (χ2n) is 3.97. The highest BCUT2D eigenvalue weighted by atomic mass is 35.5. The van der Waals surface area contributed by atoms with Crippen LogP contribution >= 0.6 is 11.6 Å². The van der Waals surface area contributed by atoms with E-state index in [0.717, 1.165) is 24.2 Å². The highest BCUT2D eigenvalue weighted by molar-refractivity contribution is 6.30. The van der Waals surface area contributed by atoms with Crippen LogP contribution in [-0.2, 0) is 6.42 Å². The zero-order chi connectivity index (χ0) is 12.3. The molecule has 90 valence electrons. The summed E-state index contributed by atoms with van der Waals surface area (Å²) >= 11 is 5.96. The molecule has 0 amide bonds. The molecule has 1 heterocycles. The van der Waals surface area contributed by atoms with Crippen LogP contribution in [-0.4, -0.2) is 21.5 Å². The van der Waals surface area contributed by atoms with E-state index in [2.05, 4.69) is 5.10 Å². The maximum Gasteiger partial charge on any atom is 0.0663 e. The van der Waals surface area contributed by atoms with E-state index < -0.39 is 0 Å². The van der Waals surface area contributed by atoms with Crippen LogP contribution < -0.4 is 0 Å². The average Bonchev–Trinajstić information content (AvgIpc) is 2.68. The van der Waals surface area contributed by atoms with E-state index in [-0.39, 0.29) is 6.61 Å². The summed E-state index contributed by atoms with van der Waals surface area (Å²) in [5, 5.41) is 13.9. The first-order chi connectivity index (χ1) is 8.22. The zero-order valence-corrected chi connectivity index (χ0v) is 10.5. The molecule has 0 spiro atoms. The molecule has 0 aliphatic heterocycles. The van der Waals surface area contributed by atoms with Crippen molar-refractivity contribution < 1.29 is 5.11 Å². The molecule has 4 heteroatoms. The van der Waals surface area contributed by atoms with Gasteiger partial charge in [0.1, 0.15) is 0 Å². The smallest absolute Gasteiger partial charge is 0.0663 e. The van der Waals surface area contributed by atoms with Gasteiger partial charge in [0, 0.05) is 17.3 Å². The highest BCUT2D eigenvalue weighted by Crippen LogP contribution is 2.18. The topological polar surface area (TPSA) is 38.1 Å². The fourth-order valence-electron chi connectivity index (χ4n) is 1.83. The standard InChI is InChI=1S/C13H15ClN2O/c1-10-11(4-3-7-17)9-15-16(10)13-6-2-5-12(14)8-13/h2,5-6,8-9,17H,3-4,7H2,1H3. The van der Waals surface area contributed by atoms with Crippen molar-refractivity contribution in [1.82, 2.24) is 9.78 Å². The number of hydrogen-bond acceptors (Lipinski definition) is 2. The molecule has 17 heavy (non-hydrogen) atoms. The molecule has 0 saturated carbocycles. The normalized spacial score (nSPS) is 10.8. The lowest BCUT2D eigenvalue weighted by Gasteiger charge is -2.05. The Bertz CT molecular complexity index is 508. The van der Waals surface area contributed by atoms with Crippen molar-refractivity contribution in [2.75, 3.05) is 6.61 Å². The SMILES string of the molecule is Cc1c(CCCO)cnn1-c1cccc(Cl)c1. The minimum Gasteiger partial charge on any atom is -0.396 e. The Labute approximate surface area is 106 Å². The van der Waals surface area contributed by atoms with E-state index in [1.807, 2.05) is 42.1 Å². The van der Waals surface area contributed by atoms with Crippen LogP contribution in [0.15, 0.2) is 30.5 Å². The van der Waals surface area contributed by atoms with Crippen molar-refractivity contribution in [2.45, 2.75) is 19.8 Å². The lowest BCUT2D eigenvalue weighted by atomic mass is 10.1. The number of aromatic nitrogens is 2. The number of nitrogens with zero attached hydrogens (tertiary/aromatic N) is 2. The van der Waals surface area contributed by atoms with Gasteiger partial charge in [-0.15, -0.1) is 0 Å². The van der Waals surface area contributed by atoms with Crippen LogP contribution in [0.4, 0.5) is 0 Å². The van der Waals surface area contributed by atoms with Crippen molar-refractivity contribution >= 4 is 11.6 Å². The molecule has 1 aromatic carbocycles. The molecule has 2 rings (SSSR count). The fourth-order valence-corrected chi connectivity index (χ4v) is 2.01. The molecular formula is C13H15ClN2O. The van der Waals surface area contributed by atoms with Gasteiger partial charge in [0.15, 0.2) is 0 Å². The van der Waals surface area contributed by atoms with Gasteiger partial charge in [-0.3, -0.25) is 0 Å². The first-order valence-electron chi connectivity index (χ1n) is 5.62. The summed E-state index contributed by atoms with van der Waals surface area (Å²) in [6.45, 7) is 2.24. The molecule has 0 radical (unpaired) electrons. The summed E-state index contributed by atoms with van der Waals surface area (Å²) in [4.78, 5) is 0. The second kappa shape index (κ2) is 5.34. The van der Waals surface area contributed by atoms with Gasteiger partial charge >= 0.3 is 0 Å². The second-order valence-corrected chi connectivity index (χ2v) is 4.41. The lowest BCUT2D eigenvalue weighted by molar-refractivity contribution is 0.288. The summed E-state index contributed by atoms with van der Waals surface area (Å²) < 4.78 is 1.87. The summed E-state index contributed by atoms with van der Waals surface area (Å²) in [6.07, 6.45) is 3.47. The highest BCUT2D eigenvalue weighted by Gasteiger charge is 2.07. The molecule has 3 nitrogen and oxygen atoms in total. The van der Waals surface area contributed by atoms with Gasteiger partial charge in [0.05, 0.1) is 11.9 Å². The van der Waals surface area contributed by atoms with E-state index in [1.54, 1.807) is 0 Å². The first-order valence-corrected chi connectivity index (χ1v) is 6.00. The Balaban J connectivity index is 2.30. The van der Waals surface area contributed by atoms with Crippen molar-refractivity contribution in [1.29, 1.82) is 0 Å². The number of aryl methyl sites for hydroxylation is 1. The molecule has 1 N–H and O–H groups in total. The van der Waals surface area contributed by atoms with Crippen molar-refractivity contribution in [2.24, 2.45) is 0 Å². The van der Waals surface area contributed by atoms with Gasteiger partial charge < -0.3 is 5.11 Å². The van der Waals surface area contributed by atoms with E-state index >= 15 is 0 Å². The van der Waals surface area contributed by atoms with Crippen LogP contribution in [0.2, 0.25) is 5.02 Å². The molecule has 0 saturated heterocycles. The largest absolute Gasteiger partial charge is 0.396 e. The Morgan fingerprint density at radius 1 is 1.41 bits per heavy atom. The maximum absolute atomic E-state index is 8.83. The lowest BCUT2D eigenvalue weighted by Crippen LogP contribution is -1.99. The zero-order valence-electron chi connectivity index (χ0n) is 9.73. The van der Waals surface area contributed by atoms with Gasteiger partial charge in [-0.1, -0.05) is 17.7 Å². The van der Waals surface area contributed by atoms with Gasteiger partial charge in [-0.05, 0) is 43.5 Å². The van der Waals surface area contributed by atoms with E-state index in [0.29, 0.717) is 5.02 Å². The number of halogens is 1. The molecule has 1 aromatic heterocycles. The van der Waals surface area contributed by atoms with Crippen LogP contribution in [0.25, 0.3) is 5.69 Å². The molecule has 0 atom stereocenters. The van der Waals surface area contributed by atoms with Crippen molar-refractivity contribution in [3.05, 3.63) is 46.7 Å². The summed E-state index contributed by atoms with van der Waals surface area (Å²) in [5.74, 6) is 0. The van der Waals surface area contributed by atoms with Gasteiger partial charge in [0.2, 0.25) is 0 Å². The van der Waals surface area contributed by atoms with Crippen molar-refractivity contribution in [3.8, 4) is 5.69 Å². The average molecular weight is 251 g/mol. The Kier molecular flexibility index (Phi) is 3.82. The number of hydrogen-bond donors (Lipinski definition) is 1. The number of rotatable bonds is 4. The van der Waals surface area contributed by atoms with Gasteiger partial charge in [-0.25, -0.2) is 4.68 Å². The number of benzene rings is 1. The van der Waals surface area contributed by atoms with E-state index in [4.69, 9.17) is 16.7 Å². The quantitative estimate of drug-likeness (QED) is 0.906. The maximum atomic E-state index is 8.83. The van der Waals surface area contributed by atoms with Gasteiger partial charge in [-0.2, -0.15) is 5.10 Å².